The highest BCUT2D eigenvalue weighted by atomic mass is 16.5. The number of hydrogen-bond donors (Lipinski definition) is 1. The number of benzene rings is 1. The molecule has 2 aliphatic rings. The van der Waals surface area contributed by atoms with Gasteiger partial charge in [0, 0.05) is 25.6 Å². The molecule has 1 saturated heterocycles. The number of rotatable bonds is 5. The molecule has 1 N–H and O–H groups in total. The topological polar surface area (TPSA) is 63.4 Å². The van der Waals surface area contributed by atoms with Crippen LogP contribution in [0.5, 0.6) is 5.75 Å². The van der Waals surface area contributed by atoms with E-state index in [2.05, 4.69) is 47.3 Å². The van der Waals surface area contributed by atoms with Crippen molar-refractivity contribution in [3.8, 4) is 5.75 Å². The minimum Gasteiger partial charge on any atom is -0.493 e. The molecule has 6 heteroatoms. The summed E-state index contributed by atoms with van der Waals surface area (Å²) < 4.78 is 7.40. The van der Waals surface area contributed by atoms with Crippen LogP contribution < -0.4 is 4.74 Å². The third kappa shape index (κ3) is 3.48. The molecule has 0 saturated carbocycles. The van der Waals surface area contributed by atoms with Crippen LogP contribution in [0.3, 0.4) is 0 Å². The zero-order chi connectivity index (χ0) is 18.1. The number of aromatic nitrogens is 3. The Morgan fingerprint density at radius 3 is 3.04 bits per heavy atom. The highest BCUT2D eigenvalue weighted by Crippen LogP contribution is 2.31. The molecule has 26 heavy (non-hydrogen) atoms. The van der Waals surface area contributed by atoms with E-state index in [0.29, 0.717) is 12.2 Å². The number of likely N-dealkylation sites (tertiary alicyclic amines) is 1. The van der Waals surface area contributed by atoms with E-state index in [1.807, 2.05) is 10.9 Å². The van der Waals surface area contributed by atoms with Gasteiger partial charge in [0.15, 0.2) is 0 Å². The first-order valence-corrected chi connectivity index (χ1v) is 9.65. The molecule has 140 valence electrons. The number of piperidine rings is 1. The summed E-state index contributed by atoms with van der Waals surface area (Å²) in [4.78, 5) is 2.35. The quantitative estimate of drug-likeness (QED) is 0.891. The lowest BCUT2D eigenvalue weighted by molar-refractivity contribution is -0.0385. The van der Waals surface area contributed by atoms with E-state index in [9.17, 15) is 5.11 Å². The van der Waals surface area contributed by atoms with Crippen LogP contribution in [0.4, 0.5) is 0 Å². The number of ether oxygens (including phenoxy) is 1. The molecule has 1 aromatic carbocycles. The fraction of sp³-hybridized carbons (Fsp3) is 0.600. The van der Waals surface area contributed by atoms with E-state index in [4.69, 9.17) is 4.74 Å². The van der Waals surface area contributed by atoms with E-state index in [-0.39, 0.29) is 6.04 Å². The zero-order valence-corrected chi connectivity index (χ0v) is 15.7. The average molecular weight is 356 g/mol. The molecule has 1 aromatic heterocycles. The van der Waals surface area contributed by atoms with E-state index < -0.39 is 5.60 Å². The Balaban J connectivity index is 1.40. The predicted molar refractivity (Wildman–Crippen MR) is 99.3 cm³/mol. The van der Waals surface area contributed by atoms with Crippen LogP contribution in [-0.2, 0) is 18.4 Å². The van der Waals surface area contributed by atoms with Crippen LogP contribution in [0.15, 0.2) is 24.4 Å². The third-order valence-electron chi connectivity index (χ3n) is 5.54. The molecule has 4 rings (SSSR count). The van der Waals surface area contributed by atoms with Crippen LogP contribution in [0.1, 0.15) is 49.6 Å². The van der Waals surface area contributed by atoms with Gasteiger partial charge in [-0.15, -0.1) is 5.10 Å². The van der Waals surface area contributed by atoms with Crippen molar-refractivity contribution in [2.45, 2.75) is 51.2 Å². The van der Waals surface area contributed by atoms with Crippen molar-refractivity contribution in [3.63, 3.8) is 0 Å². The van der Waals surface area contributed by atoms with Crippen molar-refractivity contribution in [1.29, 1.82) is 0 Å². The number of β-amino-alcohol motifs (C(OH)–C–C–N with tert-alkyl or cyclic N) is 1. The van der Waals surface area contributed by atoms with Crippen molar-refractivity contribution >= 4 is 0 Å². The Morgan fingerprint density at radius 2 is 2.23 bits per heavy atom. The van der Waals surface area contributed by atoms with Gasteiger partial charge in [-0.2, -0.15) is 0 Å². The summed E-state index contributed by atoms with van der Waals surface area (Å²) in [6, 6.07) is 6.78. The first-order valence-electron chi connectivity index (χ1n) is 9.65. The third-order valence-corrected chi connectivity index (χ3v) is 5.54. The van der Waals surface area contributed by atoms with Gasteiger partial charge in [-0.05, 0) is 56.8 Å². The lowest BCUT2D eigenvalue weighted by atomic mass is 9.89. The maximum atomic E-state index is 11.2. The fourth-order valence-corrected chi connectivity index (χ4v) is 3.95. The van der Waals surface area contributed by atoms with Gasteiger partial charge in [-0.1, -0.05) is 17.3 Å². The van der Waals surface area contributed by atoms with Gasteiger partial charge in [0.25, 0.3) is 0 Å². The van der Waals surface area contributed by atoms with Gasteiger partial charge in [0.2, 0.25) is 0 Å². The van der Waals surface area contributed by atoms with Crippen molar-refractivity contribution in [2.75, 3.05) is 26.2 Å². The van der Waals surface area contributed by atoms with E-state index in [1.165, 1.54) is 11.1 Å². The molecule has 1 atom stereocenters. The Labute approximate surface area is 154 Å². The minimum absolute atomic E-state index is 0.253. The lowest BCUT2D eigenvalue weighted by Gasteiger charge is -2.38. The van der Waals surface area contributed by atoms with Crippen LogP contribution in [-0.4, -0.2) is 51.2 Å². The summed E-state index contributed by atoms with van der Waals surface area (Å²) >= 11 is 0. The second-order valence-corrected chi connectivity index (χ2v) is 7.88. The van der Waals surface area contributed by atoms with E-state index in [0.717, 1.165) is 51.1 Å². The summed E-state index contributed by atoms with van der Waals surface area (Å²) in [5.41, 5.74) is 2.47. The Kier molecular flexibility index (Phi) is 4.71. The van der Waals surface area contributed by atoms with Crippen molar-refractivity contribution in [3.05, 3.63) is 41.2 Å². The molecule has 1 unspecified atom stereocenters. The van der Waals surface area contributed by atoms with Crippen LogP contribution >= 0.6 is 0 Å². The first-order chi connectivity index (χ1) is 12.5. The first kappa shape index (κ1) is 17.5. The van der Waals surface area contributed by atoms with Crippen molar-refractivity contribution in [2.24, 2.45) is 0 Å². The zero-order valence-electron chi connectivity index (χ0n) is 15.7. The van der Waals surface area contributed by atoms with Gasteiger partial charge in [0.05, 0.1) is 12.8 Å². The molecule has 1 fully saturated rings. The lowest BCUT2D eigenvalue weighted by Crippen LogP contribution is -2.47. The Hall–Kier alpha value is -1.92. The predicted octanol–water partition coefficient (Wildman–Crippen LogP) is 2.32. The average Bonchev–Trinajstić information content (AvgIpc) is 3.29. The largest absolute Gasteiger partial charge is 0.493 e. The van der Waals surface area contributed by atoms with Gasteiger partial charge in [-0.25, -0.2) is 4.68 Å². The van der Waals surface area contributed by atoms with Crippen LogP contribution in [0, 0.1) is 0 Å². The number of nitrogens with zero attached hydrogens (tertiary/aromatic N) is 4. The summed E-state index contributed by atoms with van der Waals surface area (Å²) in [5, 5.41) is 19.6. The molecule has 0 spiro atoms. The van der Waals surface area contributed by atoms with Gasteiger partial charge < -0.3 is 9.84 Å². The second kappa shape index (κ2) is 7.00. The maximum absolute atomic E-state index is 11.2. The molecule has 0 radical (unpaired) electrons. The normalized spacial score (nSPS) is 23.2. The Bertz CT molecular complexity index is 773. The van der Waals surface area contributed by atoms with Crippen molar-refractivity contribution < 1.29 is 9.84 Å². The second-order valence-electron chi connectivity index (χ2n) is 7.88. The summed E-state index contributed by atoms with van der Waals surface area (Å²) in [6.45, 7) is 7.52. The summed E-state index contributed by atoms with van der Waals surface area (Å²) in [7, 11) is 0. The van der Waals surface area contributed by atoms with Gasteiger partial charge >= 0.3 is 0 Å². The van der Waals surface area contributed by atoms with E-state index >= 15 is 0 Å². The van der Waals surface area contributed by atoms with Crippen molar-refractivity contribution in [1.82, 2.24) is 19.9 Å². The molecule has 0 bridgehead atoms. The van der Waals surface area contributed by atoms with Gasteiger partial charge in [0.1, 0.15) is 17.0 Å². The number of hydrogen-bond acceptors (Lipinski definition) is 5. The van der Waals surface area contributed by atoms with Crippen LogP contribution in [0.2, 0.25) is 0 Å². The van der Waals surface area contributed by atoms with E-state index in [1.54, 1.807) is 0 Å². The monoisotopic (exact) mass is 356 g/mol. The number of fused-ring (bicyclic) bond motifs is 1. The molecule has 2 aromatic rings. The Morgan fingerprint density at radius 1 is 1.35 bits per heavy atom. The maximum Gasteiger partial charge on any atom is 0.123 e. The summed E-state index contributed by atoms with van der Waals surface area (Å²) in [6.07, 6.45) is 5.62. The smallest absolute Gasteiger partial charge is 0.123 e. The molecule has 6 nitrogen and oxygen atoms in total. The highest BCUT2D eigenvalue weighted by molar-refractivity contribution is 5.39. The molecular weight excluding hydrogens is 328 g/mol. The molecular formula is C20H28N4O2. The molecule has 0 amide bonds. The minimum atomic E-state index is -0.892. The molecule has 2 aliphatic heterocycles. The molecule has 3 heterocycles. The highest BCUT2D eigenvalue weighted by Gasteiger charge is 2.37. The standard InChI is InChI=1S/C20H28N4O2/c1-15(2)24-13-19(21-22-24)20(25)8-3-9-23(14-20)10-6-16-4-5-18-17(12-16)7-11-26-18/h4-5,12-13,15,25H,3,6-11,14H2,1-2H3. The summed E-state index contributed by atoms with van der Waals surface area (Å²) in [5.74, 6) is 1.04. The number of aliphatic hydroxyl groups is 1. The SMILES string of the molecule is CC(C)n1cc(C2(O)CCCN(CCc3ccc4c(c3)CCO4)C2)nn1. The van der Waals surface area contributed by atoms with Crippen LogP contribution in [0.25, 0.3) is 0 Å². The fourth-order valence-electron chi connectivity index (χ4n) is 3.95. The molecule has 0 aliphatic carbocycles. The van der Waals surface area contributed by atoms with Gasteiger partial charge in [-0.3, -0.25) is 4.90 Å².